The number of carbonyl (C=O) groups is 1. The minimum atomic E-state index is -0.280. The summed E-state index contributed by atoms with van der Waals surface area (Å²) < 4.78 is 5.27. The van der Waals surface area contributed by atoms with Crippen LogP contribution >= 0.6 is 11.3 Å². The molecule has 3 aromatic heterocycles. The average molecular weight is 383 g/mol. The number of nitrogens with zero attached hydrogens (tertiary/aromatic N) is 4. The van der Waals surface area contributed by atoms with E-state index in [4.69, 9.17) is 4.52 Å². The molecule has 4 rings (SSSR count). The van der Waals surface area contributed by atoms with E-state index in [0.717, 1.165) is 35.3 Å². The van der Waals surface area contributed by atoms with Crippen molar-refractivity contribution in [1.29, 1.82) is 0 Å². The average Bonchev–Trinajstić information content (AvgIpc) is 3.38. The number of rotatable bonds is 5. The van der Waals surface area contributed by atoms with Gasteiger partial charge in [-0.25, -0.2) is 9.97 Å². The highest BCUT2D eigenvalue weighted by atomic mass is 32.1. The van der Waals surface area contributed by atoms with Crippen molar-refractivity contribution in [2.75, 3.05) is 18.0 Å². The molecule has 0 saturated carbocycles. The van der Waals surface area contributed by atoms with E-state index in [9.17, 15) is 4.79 Å². The number of nitrogens with one attached hydrogen (secondary N) is 1. The second-order valence-electron chi connectivity index (χ2n) is 6.58. The summed E-state index contributed by atoms with van der Waals surface area (Å²) in [4.78, 5) is 24.7. The Morgan fingerprint density at radius 2 is 2.11 bits per heavy atom. The predicted molar refractivity (Wildman–Crippen MR) is 104 cm³/mol. The number of piperidine rings is 1. The molecule has 27 heavy (non-hydrogen) atoms. The third-order valence-electron chi connectivity index (χ3n) is 4.47. The molecule has 0 spiro atoms. The van der Waals surface area contributed by atoms with Gasteiger partial charge in [0.05, 0.1) is 17.1 Å². The largest absolute Gasteiger partial charge is 0.355 e. The minimum Gasteiger partial charge on any atom is -0.355 e. The van der Waals surface area contributed by atoms with Gasteiger partial charge in [-0.2, -0.15) is 0 Å². The third-order valence-corrected chi connectivity index (χ3v) is 5.36. The number of aryl methyl sites for hydroxylation is 1. The van der Waals surface area contributed by atoms with Crippen LogP contribution in [-0.4, -0.2) is 34.1 Å². The van der Waals surface area contributed by atoms with Crippen LogP contribution < -0.4 is 10.2 Å². The number of aromatic nitrogens is 3. The topological polar surface area (TPSA) is 84.2 Å². The maximum absolute atomic E-state index is 12.4. The normalized spacial score (nSPS) is 14.3. The molecular formula is C19H21N5O2S. The molecule has 8 heteroatoms. The summed E-state index contributed by atoms with van der Waals surface area (Å²) in [5, 5.41) is 8.69. The summed E-state index contributed by atoms with van der Waals surface area (Å²) >= 11 is 1.54. The molecule has 4 heterocycles. The Morgan fingerprint density at radius 1 is 1.26 bits per heavy atom. The molecule has 0 atom stereocenters. The maximum Gasteiger partial charge on any atom is 0.273 e. The van der Waals surface area contributed by atoms with Crippen LogP contribution in [0.2, 0.25) is 0 Å². The molecule has 3 aromatic rings. The van der Waals surface area contributed by atoms with E-state index in [1.54, 1.807) is 17.4 Å². The maximum atomic E-state index is 12.4. The van der Waals surface area contributed by atoms with Crippen molar-refractivity contribution in [1.82, 2.24) is 20.4 Å². The molecule has 1 N–H and O–H groups in total. The van der Waals surface area contributed by atoms with Gasteiger partial charge in [0.1, 0.15) is 0 Å². The van der Waals surface area contributed by atoms with E-state index in [1.807, 2.05) is 30.5 Å². The number of carbonyl (C=O) groups excluding carboxylic acids is 1. The van der Waals surface area contributed by atoms with Gasteiger partial charge in [0.2, 0.25) is 5.95 Å². The van der Waals surface area contributed by atoms with Crippen LogP contribution in [0, 0.1) is 6.92 Å². The van der Waals surface area contributed by atoms with E-state index in [1.165, 1.54) is 19.3 Å². The molecule has 1 aliphatic rings. The Hall–Kier alpha value is -2.74. The van der Waals surface area contributed by atoms with Crippen molar-refractivity contribution in [2.24, 2.45) is 0 Å². The van der Waals surface area contributed by atoms with E-state index >= 15 is 0 Å². The second kappa shape index (κ2) is 7.87. The lowest BCUT2D eigenvalue weighted by atomic mass is 10.1. The number of hydrogen-bond donors (Lipinski definition) is 1. The Morgan fingerprint density at radius 3 is 2.89 bits per heavy atom. The third kappa shape index (κ3) is 4.16. The molecule has 0 unspecified atom stereocenters. The zero-order chi connectivity index (χ0) is 18.6. The molecular weight excluding hydrogens is 362 g/mol. The van der Waals surface area contributed by atoms with Crippen LogP contribution in [0.4, 0.5) is 5.95 Å². The lowest BCUT2D eigenvalue weighted by Gasteiger charge is -2.27. The summed E-state index contributed by atoms with van der Waals surface area (Å²) in [6, 6.07) is 7.41. The van der Waals surface area contributed by atoms with Gasteiger partial charge in [-0.15, -0.1) is 11.3 Å². The van der Waals surface area contributed by atoms with Gasteiger partial charge in [-0.1, -0.05) is 11.2 Å². The van der Waals surface area contributed by atoms with Gasteiger partial charge in [0, 0.05) is 24.8 Å². The molecule has 140 valence electrons. The van der Waals surface area contributed by atoms with Crippen molar-refractivity contribution >= 4 is 23.2 Å². The van der Waals surface area contributed by atoms with Crippen LogP contribution in [-0.2, 0) is 6.54 Å². The van der Waals surface area contributed by atoms with E-state index in [2.05, 4.69) is 25.3 Å². The summed E-state index contributed by atoms with van der Waals surface area (Å²) in [6.45, 7) is 4.25. The van der Waals surface area contributed by atoms with Gasteiger partial charge in [-0.05, 0) is 43.7 Å². The van der Waals surface area contributed by atoms with Crippen molar-refractivity contribution in [3.8, 4) is 10.6 Å². The quantitative estimate of drug-likeness (QED) is 0.727. The number of amides is 1. The number of hydrogen-bond acceptors (Lipinski definition) is 7. The highest BCUT2D eigenvalue weighted by Gasteiger charge is 2.17. The van der Waals surface area contributed by atoms with Crippen molar-refractivity contribution in [3.05, 3.63) is 46.7 Å². The zero-order valence-electron chi connectivity index (χ0n) is 15.1. The molecule has 0 aromatic carbocycles. The smallest absolute Gasteiger partial charge is 0.273 e. The first-order valence-corrected chi connectivity index (χ1v) is 9.95. The molecule has 1 aliphatic heterocycles. The summed E-state index contributed by atoms with van der Waals surface area (Å²) in [5.74, 6) is 1.07. The summed E-state index contributed by atoms with van der Waals surface area (Å²) in [6.07, 6.45) is 3.60. The Balaban J connectivity index is 1.42. The van der Waals surface area contributed by atoms with Crippen LogP contribution in [0.5, 0.6) is 0 Å². The highest BCUT2D eigenvalue weighted by Crippen LogP contribution is 2.25. The molecule has 0 bridgehead atoms. The van der Waals surface area contributed by atoms with Gasteiger partial charge < -0.3 is 14.7 Å². The van der Waals surface area contributed by atoms with Crippen LogP contribution in [0.1, 0.15) is 41.1 Å². The second-order valence-corrected chi connectivity index (χ2v) is 7.53. The molecule has 0 radical (unpaired) electrons. The van der Waals surface area contributed by atoms with Crippen molar-refractivity contribution in [2.45, 2.75) is 32.7 Å². The first-order valence-electron chi connectivity index (χ1n) is 9.07. The number of anilines is 1. The van der Waals surface area contributed by atoms with E-state index < -0.39 is 0 Å². The Kier molecular flexibility index (Phi) is 5.15. The molecule has 7 nitrogen and oxygen atoms in total. The molecule has 1 fully saturated rings. The SMILES string of the molecule is Cc1cc(CNC(=O)c2cc(-c3cccs3)on2)nc(N2CCCCC2)n1. The molecule has 1 saturated heterocycles. The van der Waals surface area contributed by atoms with E-state index in [0.29, 0.717) is 12.3 Å². The van der Waals surface area contributed by atoms with Gasteiger partial charge in [0.15, 0.2) is 11.5 Å². The minimum absolute atomic E-state index is 0.264. The van der Waals surface area contributed by atoms with E-state index in [-0.39, 0.29) is 11.6 Å². The fourth-order valence-corrected chi connectivity index (χ4v) is 3.79. The Bertz CT molecular complexity index is 916. The summed E-state index contributed by atoms with van der Waals surface area (Å²) in [5.41, 5.74) is 1.95. The molecule has 1 amide bonds. The Labute approximate surface area is 161 Å². The monoisotopic (exact) mass is 383 g/mol. The van der Waals surface area contributed by atoms with Gasteiger partial charge in [-0.3, -0.25) is 4.79 Å². The van der Waals surface area contributed by atoms with Crippen molar-refractivity contribution < 1.29 is 9.32 Å². The standard InChI is InChI=1S/C19H21N5O2S/c1-13-10-14(22-19(21-13)24-7-3-2-4-8-24)12-20-18(25)15-11-16(26-23-15)17-6-5-9-27-17/h5-6,9-11H,2-4,7-8,12H2,1H3,(H,20,25). The van der Waals surface area contributed by atoms with Gasteiger partial charge >= 0.3 is 0 Å². The van der Waals surface area contributed by atoms with Crippen LogP contribution in [0.25, 0.3) is 10.6 Å². The first-order chi connectivity index (χ1) is 13.2. The van der Waals surface area contributed by atoms with Gasteiger partial charge in [0.25, 0.3) is 5.91 Å². The fraction of sp³-hybridized carbons (Fsp3) is 0.368. The first kappa shape index (κ1) is 17.7. The lowest BCUT2D eigenvalue weighted by Crippen LogP contribution is -2.32. The fourth-order valence-electron chi connectivity index (χ4n) is 3.12. The lowest BCUT2D eigenvalue weighted by molar-refractivity contribution is 0.0941. The number of thiophene rings is 1. The van der Waals surface area contributed by atoms with Crippen LogP contribution in [0.3, 0.4) is 0 Å². The van der Waals surface area contributed by atoms with Crippen molar-refractivity contribution in [3.63, 3.8) is 0 Å². The summed E-state index contributed by atoms with van der Waals surface area (Å²) in [7, 11) is 0. The zero-order valence-corrected chi connectivity index (χ0v) is 16.0. The molecule has 0 aliphatic carbocycles. The highest BCUT2D eigenvalue weighted by molar-refractivity contribution is 7.13. The predicted octanol–water partition coefficient (Wildman–Crippen LogP) is 3.42. The van der Waals surface area contributed by atoms with Crippen LogP contribution in [0.15, 0.2) is 34.2 Å².